The third-order valence-electron chi connectivity index (χ3n) is 3.26. The highest BCUT2D eigenvalue weighted by Crippen LogP contribution is 2.37. The number of hydrogen-bond donors (Lipinski definition) is 0. The quantitative estimate of drug-likeness (QED) is 0.466. The molecule has 0 saturated heterocycles. The van der Waals surface area contributed by atoms with E-state index in [-0.39, 0.29) is 25.7 Å². The van der Waals surface area contributed by atoms with Crippen LogP contribution in [0.1, 0.15) is 39.5 Å². The van der Waals surface area contributed by atoms with Gasteiger partial charge in [0.1, 0.15) is 6.79 Å². The van der Waals surface area contributed by atoms with E-state index in [1.54, 1.807) is 0 Å². The summed E-state index contributed by atoms with van der Waals surface area (Å²) in [6, 6.07) is 0. The molecular formula is C12H24O8S2. The minimum Gasteiger partial charge on any atom is -0.359 e. The lowest BCUT2D eigenvalue weighted by Gasteiger charge is -2.37. The average Bonchev–Trinajstić information content (AvgIpc) is 2.35. The topological polar surface area (TPSA) is 105 Å². The Morgan fingerprint density at radius 2 is 1.64 bits per heavy atom. The molecule has 1 rings (SSSR count). The van der Waals surface area contributed by atoms with E-state index in [0.717, 1.165) is 6.26 Å². The van der Waals surface area contributed by atoms with Crippen LogP contribution < -0.4 is 0 Å². The Morgan fingerprint density at radius 3 is 2.05 bits per heavy atom. The van der Waals surface area contributed by atoms with Crippen LogP contribution in [0.15, 0.2) is 0 Å². The molecule has 0 heterocycles. The maximum Gasteiger partial charge on any atom is 0.272 e. The monoisotopic (exact) mass is 360 g/mol. The number of rotatable bonds is 8. The molecule has 0 aromatic carbocycles. The van der Waals surface area contributed by atoms with E-state index in [0.29, 0.717) is 12.8 Å². The summed E-state index contributed by atoms with van der Waals surface area (Å²) in [6.07, 6.45) is 1.73. The summed E-state index contributed by atoms with van der Waals surface area (Å²) in [6.45, 7) is 3.03. The first kappa shape index (κ1) is 19.8. The summed E-state index contributed by atoms with van der Waals surface area (Å²) in [5, 5.41) is -0.796. The molecule has 132 valence electrons. The molecule has 0 atom stereocenters. The van der Waals surface area contributed by atoms with Gasteiger partial charge in [-0.3, -0.25) is 0 Å². The fraction of sp³-hybridized carbons (Fsp3) is 1.00. The molecule has 0 N–H and O–H groups in total. The molecule has 1 saturated carbocycles. The van der Waals surface area contributed by atoms with Gasteiger partial charge in [-0.05, 0) is 26.7 Å². The predicted octanol–water partition coefficient (Wildman–Crippen LogP) is 0.977. The Labute approximate surface area is 132 Å². The van der Waals surface area contributed by atoms with Crippen LogP contribution in [0.4, 0.5) is 0 Å². The predicted molar refractivity (Wildman–Crippen MR) is 79.0 cm³/mol. The molecule has 0 spiro atoms. The van der Waals surface area contributed by atoms with Gasteiger partial charge in [0.2, 0.25) is 5.79 Å². The van der Waals surface area contributed by atoms with E-state index >= 15 is 0 Å². The van der Waals surface area contributed by atoms with E-state index in [4.69, 9.17) is 17.8 Å². The van der Waals surface area contributed by atoms with Crippen molar-refractivity contribution in [1.29, 1.82) is 0 Å². The first-order valence-corrected chi connectivity index (χ1v) is 10.2. The third kappa shape index (κ3) is 6.09. The summed E-state index contributed by atoms with van der Waals surface area (Å²) in [7, 11) is -6.29. The molecule has 0 aromatic heterocycles. The Balaban J connectivity index is 2.88. The zero-order chi connectivity index (χ0) is 17.0. The van der Waals surface area contributed by atoms with Crippen LogP contribution in [0.25, 0.3) is 0 Å². The lowest BCUT2D eigenvalue weighted by Crippen LogP contribution is -2.45. The Kier molecular flexibility index (Phi) is 6.78. The van der Waals surface area contributed by atoms with Crippen molar-refractivity contribution >= 4 is 20.2 Å². The summed E-state index contributed by atoms with van der Waals surface area (Å²) in [5.74, 6) is -1.69. The van der Waals surface area contributed by atoms with Gasteiger partial charge in [-0.2, -0.15) is 16.8 Å². The maximum atomic E-state index is 12.0. The van der Waals surface area contributed by atoms with Crippen molar-refractivity contribution in [3.63, 3.8) is 0 Å². The van der Waals surface area contributed by atoms with Gasteiger partial charge < -0.3 is 9.47 Å². The van der Waals surface area contributed by atoms with Crippen LogP contribution in [0.5, 0.6) is 0 Å². The fourth-order valence-corrected chi connectivity index (χ4v) is 3.74. The summed E-state index contributed by atoms with van der Waals surface area (Å²) in [4.78, 5) is 0. The lowest BCUT2D eigenvalue weighted by atomic mass is 9.92. The van der Waals surface area contributed by atoms with Crippen molar-refractivity contribution in [3.05, 3.63) is 0 Å². The van der Waals surface area contributed by atoms with E-state index < -0.39 is 31.3 Å². The largest absolute Gasteiger partial charge is 0.359 e. The minimum atomic E-state index is -3.92. The van der Waals surface area contributed by atoms with Gasteiger partial charge in [-0.25, -0.2) is 8.37 Å². The van der Waals surface area contributed by atoms with Gasteiger partial charge in [-0.1, -0.05) is 0 Å². The summed E-state index contributed by atoms with van der Waals surface area (Å²) >= 11 is 0. The molecule has 1 fully saturated rings. The molecule has 1 aliphatic carbocycles. The molecule has 0 aliphatic heterocycles. The van der Waals surface area contributed by atoms with E-state index in [2.05, 4.69) is 0 Å². The first-order valence-electron chi connectivity index (χ1n) is 6.95. The van der Waals surface area contributed by atoms with Gasteiger partial charge in [0.25, 0.3) is 20.2 Å². The van der Waals surface area contributed by atoms with E-state index in [9.17, 15) is 16.8 Å². The minimum absolute atomic E-state index is 0.0976. The highest BCUT2D eigenvalue weighted by Gasteiger charge is 2.45. The zero-order valence-electron chi connectivity index (χ0n) is 13.3. The van der Waals surface area contributed by atoms with Crippen molar-refractivity contribution in [2.45, 2.75) is 56.7 Å². The second-order valence-corrected chi connectivity index (χ2v) is 9.27. The summed E-state index contributed by atoms with van der Waals surface area (Å²) in [5.41, 5.74) is 0. The van der Waals surface area contributed by atoms with Crippen LogP contribution in [-0.2, 0) is 38.1 Å². The van der Waals surface area contributed by atoms with Crippen LogP contribution in [-0.4, -0.2) is 54.1 Å². The normalized spacial score (nSPS) is 27.2. The molecular weight excluding hydrogens is 336 g/mol. The van der Waals surface area contributed by atoms with Crippen molar-refractivity contribution < 1.29 is 34.7 Å². The van der Waals surface area contributed by atoms with Crippen LogP contribution >= 0.6 is 0 Å². The lowest BCUT2D eigenvalue weighted by molar-refractivity contribution is -0.164. The highest BCUT2D eigenvalue weighted by molar-refractivity contribution is 7.87. The first-order chi connectivity index (χ1) is 10.00. The van der Waals surface area contributed by atoms with Gasteiger partial charge in [-0.15, -0.1) is 0 Å². The number of hydrogen-bond acceptors (Lipinski definition) is 8. The van der Waals surface area contributed by atoms with Gasteiger partial charge in [0.05, 0.1) is 17.6 Å². The second kappa shape index (κ2) is 7.54. The Hall–Kier alpha value is -0.260. The van der Waals surface area contributed by atoms with Gasteiger partial charge in [0, 0.05) is 20.0 Å². The van der Waals surface area contributed by atoms with Crippen LogP contribution in [0, 0.1) is 0 Å². The molecule has 1 aliphatic rings. The van der Waals surface area contributed by atoms with E-state index in [1.165, 1.54) is 21.0 Å². The van der Waals surface area contributed by atoms with Crippen molar-refractivity contribution in [2.75, 3.05) is 20.2 Å². The average molecular weight is 360 g/mol. The smallest absolute Gasteiger partial charge is 0.272 e. The zero-order valence-corrected chi connectivity index (χ0v) is 14.9. The molecule has 0 unspecified atom stereocenters. The molecule has 0 amide bonds. The van der Waals surface area contributed by atoms with Gasteiger partial charge >= 0.3 is 0 Å². The van der Waals surface area contributed by atoms with Crippen molar-refractivity contribution in [2.24, 2.45) is 0 Å². The standard InChI is InChI=1S/C12H24O8S2/c1-10(2)22(15,16)20-12(19-21(4,13)14)7-5-11(6-8-12)18-9-17-3/h10-11H,5-9H2,1-4H3. The molecule has 10 heteroatoms. The van der Waals surface area contributed by atoms with Crippen LogP contribution in [0.3, 0.4) is 0 Å². The van der Waals surface area contributed by atoms with Crippen LogP contribution in [0.2, 0.25) is 0 Å². The molecule has 8 nitrogen and oxygen atoms in total. The SMILES string of the molecule is COCOC1CCC(OS(C)(=O)=O)(OS(=O)(=O)C(C)C)CC1. The Morgan fingerprint density at radius 1 is 1.09 bits per heavy atom. The van der Waals surface area contributed by atoms with Crippen molar-refractivity contribution in [1.82, 2.24) is 0 Å². The number of ether oxygens (including phenoxy) is 2. The molecule has 0 bridgehead atoms. The second-order valence-electron chi connectivity index (χ2n) is 5.60. The fourth-order valence-electron chi connectivity index (χ4n) is 2.13. The molecule has 0 aromatic rings. The van der Waals surface area contributed by atoms with E-state index in [1.807, 2.05) is 0 Å². The molecule has 0 radical (unpaired) electrons. The third-order valence-corrected chi connectivity index (χ3v) is 5.56. The molecule has 22 heavy (non-hydrogen) atoms. The summed E-state index contributed by atoms with van der Waals surface area (Å²) < 4.78 is 67.3. The van der Waals surface area contributed by atoms with Crippen molar-refractivity contribution in [3.8, 4) is 0 Å². The maximum absolute atomic E-state index is 12.0. The Bertz CT molecular complexity index is 544. The highest BCUT2D eigenvalue weighted by atomic mass is 32.2. The van der Waals surface area contributed by atoms with Gasteiger partial charge in [0.15, 0.2) is 0 Å². The number of methoxy groups -OCH3 is 1.